The number of rotatable bonds is 3. The van der Waals surface area contributed by atoms with Crippen LogP contribution in [0.4, 0.5) is 0 Å². The van der Waals surface area contributed by atoms with Crippen molar-refractivity contribution in [1.82, 2.24) is 0 Å². The van der Waals surface area contributed by atoms with Gasteiger partial charge in [0.1, 0.15) is 0 Å². The third-order valence-corrected chi connectivity index (χ3v) is 2.47. The Hall–Kier alpha value is -1.02. The van der Waals surface area contributed by atoms with Crippen molar-refractivity contribution in [3.8, 4) is 0 Å². The molecule has 2 heteroatoms. The van der Waals surface area contributed by atoms with E-state index in [2.05, 4.69) is 6.58 Å². The summed E-state index contributed by atoms with van der Waals surface area (Å²) in [5, 5.41) is 0.138. The second-order valence-corrected chi connectivity index (χ2v) is 3.91. The molecule has 0 atom stereocenters. The van der Waals surface area contributed by atoms with Crippen LogP contribution in [-0.2, 0) is 4.79 Å². The first kappa shape index (κ1) is 10.1. The van der Waals surface area contributed by atoms with Gasteiger partial charge in [-0.2, -0.15) is 0 Å². The van der Waals surface area contributed by atoms with Crippen LogP contribution >= 0.6 is 11.8 Å². The Bertz CT molecular complexity index is 300. The molecule has 0 bridgehead atoms. The van der Waals surface area contributed by atoms with E-state index in [9.17, 15) is 4.79 Å². The Kier molecular flexibility index (Phi) is 3.77. The summed E-state index contributed by atoms with van der Waals surface area (Å²) in [5.74, 6) is 0. The minimum absolute atomic E-state index is 0.138. The average molecular weight is 192 g/mol. The maximum absolute atomic E-state index is 11.2. The molecule has 0 radical (unpaired) electrons. The van der Waals surface area contributed by atoms with Crippen LogP contribution < -0.4 is 0 Å². The molecule has 0 N–H and O–H groups in total. The van der Waals surface area contributed by atoms with Crippen LogP contribution in [0.25, 0.3) is 0 Å². The van der Waals surface area contributed by atoms with Crippen LogP contribution in [0.1, 0.15) is 12.0 Å². The highest BCUT2D eigenvalue weighted by Gasteiger charge is 2.01. The zero-order valence-corrected chi connectivity index (χ0v) is 8.43. The quantitative estimate of drug-likeness (QED) is 0.540. The number of aryl methyl sites for hydroxylation is 1. The van der Waals surface area contributed by atoms with Crippen LogP contribution in [0, 0.1) is 6.92 Å². The van der Waals surface area contributed by atoms with Gasteiger partial charge in [-0.15, -0.1) is 6.58 Å². The molecule has 1 nitrogen and oxygen atoms in total. The maximum atomic E-state index is 11.2. The Balaban J connectivity index is 2.59. The van der Waals surface area contributed by atoms with E-state index >= 15 is 0 Å². The number of benzene rings is 1. The predicted molar refractivity (Wildman–Crippen MR) is 56.9 cm³/mol. The van der Waals surface area contributed by atoms with Crippen molar-refractivity contribution in [2.24, 2.45) is 0 Å². The zero-order chi connectivity index (χ0) is 9.68. The van der Waals surface area contributed by atoms with Crippen molar-refractivity contribution >= 4 is 16.9 Å². The van der Waals surface area contributed by atoms with Crippen molar-refractivity contribution in [2.45, 2.75) is 18.2 Å². The van der Waals surface area contributed by atoms with Gasteiger partial charge < -0.3 is 0 Å². The van der Waals surface area contributed by atoms with Gasteiger partial charge in [-0.25, -0.2) is 0 Å². The second-order valence-electron chi connectivity index (χ2n) is 2.78. The van der Waals surface area contributed by atoms with E-state index in [0.29, 0.717) is 6.42 Å². The standard InChI is InChI=1S/C11H12OS/c1-3-4-11(12)13-10-7-5-9(2)6-8-10/h3,5-8H,1,4H2,2H3. The molecular weight excluding hydrogens is 180 g/mol. The molecule has 0 spiro atoms. The van der Waals surface area contributed by atoms with Crippen molar-refractivity contribution in [1.29, 1.82) is 0 Å². The van der Waals surface area contributed by atoms with Crippen molar-refractivity contribution in [3.05, 3.63) is 42.5 Å². The topological polar surface area (TPSA) is 17.1 Å². The lowest BCUT2D eigenvalue weighted by atomic mass is 10.2. The van der Waals surface area contributed by atoms with Crippen molar-refractivity contribution in [3.63, 3.8) is 0 Å². The lowest BCUT2D eigenvalue weighted by molar-refractivity contribution is -0.110. The summed E-state index contributed by atoms with van der Waals surface area (Å²) in [6.07, 6.45) is 2.06. The molecule has 1 aromatic rings. The van der Waals surface area contributed by atoms with Crippen molar-refractivity contribution < 1.29 is 4.79 Å². The first-order valence-electron chi connectivity index (χ1n) is 4.10. The van der Waals surface area contributed by atoms with E-state index in [1.807, 2.05) is 31.2 Å². The van der Waals surface area contributed by atoms with E-state index in [-0.39, 0.29) is 5.12 Å². The number of thioether (sulfide) groups is 1. The number of hydrogen-bond donors (Lipinski definition) is 0. The molecule has 0 saturated carbocycles. The predicted octanol–water partition coefficient (Wildman–Crippen LogP) is 3.19. The maximum Gasteiger partial charge on any atom is 0.197 e. The van der Waals surface area contributed by atoms with E-state index in [1.54, 1.807) is 6.08 Å². The van der Waals surface area contributed by atoms with Gasteiger partial charge in [-0.05, 0) is 19.1 Å². The van der Waals surface area contributed by atoms with Crippen molar-refractivity contribution in [2.75, 3.05) is 0 Å². The van der Waals surface area contributed by atoms with E-state index < -0.39 is 0 Å². The van der Waals surface area contributed by atoms with Gasteiger partial charge in [0.15, 0.2) is 5.12 Å². The fourth-order valence-corrected chi connectivity index (χ4v) is 1.63. The molecule has 13 heavy (non-hydrogen) atoms. The molecule has 68 valence electrons. The third-order valence-electron chi connectivity index (χ3n) is 1.56. The summed E-state index contributed by atoms with van der Waals surface area (Å²) in [7, 11) is 0. The summed E-state index contributed by atoms with van der Waals surface area (Å²) in [5.41, 5.74) is 1.21. The monoisotopic (exact) mass is 192 g/mol. The lowest BCUT2D eigenvalue weighted by Crippen LogP contribution is -1.87. The van der Waals surface area contributed by atoms with Gasteiger partial charge in [-0.1, -0.05) is 35.5 Å². The minimum Gasteiger partial charge on any atom is -0.286 e. The molecule has 0 amide bonds. The van der Waals surface area contributed by atoms with Gasteiger partial charge in [0.25, 0.3) is 0 Å². The molecule has 0 saturated heterocycles. The molecule has 0 heterocycles. The Morgan fingerprint density at radius 1 is 1.46 bits per heavy atom. The molecule has 1 rings (SSSR count). The second kappa shape index (κ2) is 4.87. The highest BCUT2D eigenvalue weighted by Crippen LogP contribution is 2.20. The third kappa shape index (κ3) is 3.47. The molecule has 1 aromatic carbocycles. The summed E-state index contributed by atoms with van der Waals surface area (Å²) in [4.78, 5) is 12.2. The van der Waals surface area contributed by atoms with E-state index in [1.165, 1.54) is 17.3 Å². The molecule has 0 aliphatic carbocycles. The Morgan fingerprint density at radius 2 is 2.08 bits per heavy atom. The van der Waals surface area contributed by atoms with Gasteiger partial charge in [0.2, 0.25) is 0 Å². The highest BCUT2D eigenvalue weighted by molar-refractivity contribution is 8.13. The first-order chi connectivity index (χ1) is 6.22. The normalized spacial score (nSPS) is 9.62. The zero-order valence-electron chi connectivity index (χ0n) is 7.62. The molecule has 0 aromatic heterocycles. The summed E-state index contributed by atoms with van der Waals surface area (Å²) < 4.78 is 0. The van der Waals surface area contributed by atoms with Gasteiger partial charge in [-0.3, -0.25) is 4.79 Å². The molecule has 0 aliphatic rings. The Labute approximate surface area is 82.9 Å². The van der Waals surface area contributed by atoms with Crippen LogP contribution in [0.3, 0.4) is 0 Å². The van der Waals surface area contributed by atoms with Gasteiger partial charge in [0, 0.05) is 11.3 Å². The summed E-state index contributed by atoms with van der Waals surface area (Å²) in [6, 6.07) is 7.93. The number of hydrogen-bond acceptors (Lipinski definition) is 2. The van der Waals surface area contributed by atoms with Crippen LogP contribution in [0.5, 0.6) is 0 Å². The molecule has 0 aliphatic heterocycles. The SMILES string of the molecule is C=CCC(=O)Sc1ccc(C)cc1. The first-order valence-corrected chi connectivity index (χ1v) is 4.92. The highest BCUT2D eigenvalue weighted by atomic mass is 32.2. The lowest BCUT2D eigenvalue weighted by Gasteiger charge is -1.98. The number of carbonyl (C=O) groups is 1. The van der Waals surface area contributed by atoms with Gasteiger partial charge >= 0.3 is 0 Å². The summed E-state index contributed by atoms with van der Waals surface area (Å²) >= 11 is 1.27. The Morgan fingerprint density at radius 3 is 2.62 bits per heavy atom. The van der Waals surface area contributed by atoms with Crippen LogP contribution in [0.2, 0.25) is 0 Å². The fraction of sp³-hybridized carbons (Fsp3) is 0.182. The largest absolute Gasteiger partial charge is 0.286 e. The molecular formula is C11H12OS. The molecule has 0 unspecified atom stereocenters. The van der Waals surface area contributed by atoms with E-state index in [0.717, 1.165) is 4.90 Å². The van der Waals surface area contributed by atoms with Gasteiger partial charge in [0.05, 0.1) is 0 Å². The van der Waals surface area contributed by atoms with Crippen LogP contribution in [0.15, 0.2) is 41.8 Å². The minimum atomic E-state index is 0.138. The average Bonchev–Trinajstić information content (AvgIpc) is 2.09. The summed E-state index contributed by atoms with van der Waals surface area (Å²) in [6.45, 7) is 5.55. The smallest absolute Gasteiger partial charge is 0.197 e. The van der Waals surface area contributed by atoms with E-state index in [4.69, 9.17) is 0 Å². The number of allylic oxidation sites excluding steroid dienone is 1. The molecule has 0 fully saturated rings. The number of carbonyl (C=O) groups excluding carboxylic acids is 1. The fourth-order valence-electron chi connectivity index (χ4n) is 0.897. The van der Waals surface area contributed by atoms with Crippen LogP contribution in [-0.4, -0.2) is 5.12 Å².